The lowest BCUT2D eigenvalue weighted by Crippen LogP contribution is -1.93. The molecular formula is C13H5BrClFOS2. The molecule has 0 atom stereocenters. The quantitative estimate of drug-likeness (QED) is 0.521. The van der Waals surface area contributed by atoms with E-state index in [-0.39, 0.29) is 11.6 Å². The van der Waals surface area contributed by atoms with Crippen LogP contribution in [0.25, 0.3) is 10.1 Å². The van der Waals surface area contributed by atoms with Gasteiger partial charge in [-0.25, -0.2) is 4.39 Å². The summed E-state index contributed by atoms with van der Waals surface area (Å²) in [6.07, 6.45) is 0. The molecule has 19 heavy (non-hydrogen) atoms. The van der Waals surface area contributed by atoms with E-state index < -0.39 is 0 Å². The molecule has 2 aromatic heterocycles. The zero-order chi connectivity index (χ0) is 13.6. The second-order valence-corrected chi connectivity index (χ2v) is 7.45. The second kappa shape index (κ2) is 4.98. The van der Waals surface area contributed by atoms with Crippen LogP contribution in [0.15, 0.2) is 34.8 Å². The Morgan fingerprint density at radius 1 is 1.16 bits per heavy atom. The van der Waals surface area contributed by atoms with E-state index in [4.69, 9.17) is 11.6 Å². The lowest BCUT2D eigenvalue weighted by atomic mass is 10.2. The first-order valence-corrected chi connectivity index (χ1v) is 8.03. The number of hydrogen-bond donors (Lipinski definition) is 0. The van der Waals surface area contributed by atoms with E-state index in [9.17, 15) is 9.18 Å². The number of fused-ring (bicyclic) bond motifs is 1. The summed E-state index contributed by atoms with van der Waals surface area (Å²) in [4.78, 5) is 13.5. The standard InChI is InChI=1S/C13H5BrClFOS2/c14-8-5-11(19-13(8)15)12(17)10-3-6-1-2-7(16)4-9(6)18-10/h1-5H. The van der Waals surface area contributed by atoms with Gasteiger partial charge in [0.1, 0.15) is 10.2 Å². The van der Waals surface area contributed by atoms with Crippen molar-refractivity contribution in [3.05, 3.63) is 54.7 Å². The summed E-state index contributed by atoms with van der Waals surface area (Å²) in [5, 5.41) is 0.872. The van der Waals surface area contributed by atoms with E-state index in [0.29, 0.717) is 14.1 Å². The summed E-state index contributed by atoms with van der Waals surface area (Å²) in [7, 11) is 0. The number of ketones is 1. The molecule has 96 valence electrons. The number of carbonyl (C=O) groups is 1. The highest BCUT2D eigenvalue weighted by Crippen LogP contribution is 2.35. The fraction of sp³-hybridized carbons (Fsp3) is 0. The molecule has 0 N–H and O–H groups in total. The Kier molecular flexibility index (Phi) is 3.47. The number of benzene rings is 1. The van der Waals surface area contributed by atoms with Crippen LogP contribution in [0, 0.1) is 5.82 Å². The van der Waals surface area contributed by atoms with E-state index in [0.717, 1.165) is 14.6 Å². The summed E-state index contributed by atoms with van der Waals surface area (Å²) in [5.41, 5.74) is 0. The molecule has 1 aromatic carbocycles. The van der Waals surface area contributed by atoms with Crippen LogP contribution < -0.4 is 0 Å². The maximum absolute atomic E-state index is 13.1. The summed E-state index contributed by atoms with van der Waals surface area (Å²) in [5.74, 6) is -0.380. The molecule has 0 spiro atoms. The molecule has 0 aliphatic rings. The first-order valence-electron chi connectivity index (χ1n) is 5.23. The molecule has 1 nitrogen and oxygen atoms in total. The van der Waals surface area contributed by atoms with Crippen molar-refractivity contribution in [1.29, 1.82) is 0 Å². The minimum absolute atomic E-state index is 0.0841. The molecular weight excluding hydrogens is 371 g/mol. The van der Waals surface area contributed by atoms with Gasteiger partial charge in [0.2, 0.25) is 5.78 Å². The van der Waals surface area contributed by atoms with Gasteiger partial charge in [-0.15, -0.1) is 22.7 Å². The summed E-state index contributed by atoms with van der Waals surface area (Å²) in [6.45, 7) is 0. The monoisotopic (exact) mass is 374 g/mol. The molecule has 0 unspecified atom stereocenters. The zero-order valence-electron chi connectivity index (χ0n) is 9.25. The van der Waals surface area contributed by atoms with Gasteiger partial charge in [-0.3, -0.25) is 4.79 Å². The van der Waals surface area contributed by atoms with Gasteiger partial charge in [-0.1, -0.05) is 17.7 Å². The molecule has 3 aromatic rings. The third-order valence-electron chi connectivity index (χ3n) is 2.57. The van der Waals surface area contributed by atoms with E-state index in [2.05, 4.69) is 15.9 Å². The molecule has 0 aliphatic carbocycles. The van der Waals surface area contributed by atoms with E-state index >= 15 is 0 Å². The van der Waals surface area contributed by atoms with Crippen LogP contribution in [0.1, 0.15) is 14.5 Å². The molecule has 0 radical (unpaired) electrons. The van der Waals surface area contributed by atoms with Crippen molar-refractivity contribution in [2.24, 2.45) is 0 Å². The highest BCUT2D eigenvalue weighted by Gasteiger charge is 2.17. The maximum Gasteiger partial charge on any atom is 0.212 e. The Hall–Kier alpha value is -0.750. The van der Waals surface area contributed by atoms with Gasteiger partial charge in [0.15, 0.2) is 0 Å². The fourth-order valence-electron chi connectivity index (χ4n) is 1.70. The van der Waals surface area contributed by atoms with Gasteiger partial charge in [0.05, 0.1) is 9.75 Å². The SMILES string of the molecule is O=C(c1cc(Br)c(Cl)s1)c1cc2ccc(F)cc2s1. The Labute approximate surface area is 129 Å². The lowest BCUT2D eigenvalue weighted by Gasteiger charge is -1.90. The first-order chi connectivity index (χ1) is 9.04. The smallest absolute Gasteiger partial charge is 0.212 e. The van der Waals surface area contributed by atoms with Crippen LogP contribution in [-0.2, 0) is 0 Å². The highest BCUT2D eigenvalue weighted by molar-refractivity contribution is 9.10. The van der Waals surface area contributed by atoms with E-state index in [1.807, 2.05) is 0 Å². The van der Waals surface area contributed by atoms with Crippen molar-refractivity contribution in [3.63, 3.8) is 0 Å². The number of thiophene rings is 2. The number of halogens is 3. The fourth-order valence-corrected chi connectivity index (χ4v) is 4.46. The maximum atomic E-state index is 13.1. The van der Waals surface area contributed by atoms with Crippen molar-refractivity contribution >= 4 is 66.1 Å². The van der Waals surface area contributed by atoms with E-state index in [1.54, 1.807) is 18.2 Å². The minimum Gasteiger partial charge on any atom is -0.287 e. The summed E-state index contributed by atoms with van der Waals surface area (Å²) >= 11 is 11.7. The van der Waals surface area contributed by atoms with Crippen molar-refractivity contribution in [1.82, 2.24) is 0 Å². The molecule has 0 aliphatic heterocycles. The van der Waals surface area contributed by atoms with Crippen LogP contribution >= 0.6 is 50.2 Å². The first kappa shape index (κ1) is 13.2. The molecule has 3 rings (SSSR count). The zero-order valence-corrected chi connectivity index (χ0v) is 13.2. The average Bonchev–Trinajstić information content (AvgIpc) is 2.92. The van der Waals surface area contributed by atoms with Gasteiger partial charge in [0, 0.05) is 9.17 Å². The summed E-state index contributed by atoms with van der Waals surface area (Å²) < 4.78 is 15.2. The molecule has 0 amide bonds. The molecule has 0 saturated carbocycles. The average molecular weight is 376 g/mol. The van der Waals surface area contributed by atoms with Crippen molar-refractivity contribution in [3.8, 4) is 0 Å². The van der Waals surface area contributed by atoms with Gasteiger partial charge in [-0.2, -0.15) is 0 Å². The van der Waals surface area contributed by atoms with Crippen LogP contribution in [0.5, 0.6) is 0 Å². The van der Waals surface area contributed by atoms with E-state index in [1.165, 1.54) is 34.8 Å². The highest BCUT2D eigenvalue weighted by atomic mass is 79.9. The molecule has 0 saturated heterocycles. The predicted molar refractivity (Wildman–Crippen MR) is 82.2 cm³/mol. The molecule has 0 bridgehead atoms. The third-order valence-corrected chi connectivity index (χ3v) is 6.14. The molecule has 6 heteroatoms. The van der Waals surface area contributed by atoms with Crippen LogP contribution in [-0.4, -0.2) is 5.78 Å². The van der Waals surface area contributed by atoms with Gasteiger partial charge in [-0.05, 0) is 45.6 Å². The second-order valence-electron chi connectivity index (χ2n) is 3.85. The van der Waals surface area contributed by atoms with Crippen LogP contribution in [0.3, 0.4) is 0 Å². The van der Waals surface area contributed by atoms with Gasteiger partial charge in [0.25, 0.3) is 0 Å². The predicted octanol–water partition coefficient (Wildman–Crippen LogP) is 5.75. The minimum atomic E-state index is -0.296. The Bertz CT molecular complexity index is 774. The van der Waals surface area contributed by atoms with Gasteiger partial charge >= 0.3 is 0 Å². The van der Waals surface area contributed by atoms with Crippen LogP contribution in [0.4, 0.5) is 4.39 Å². The normalized spacial score (nSPS) is 11.1. The lowest BCUT2D eigenvalue weighted by molar-refractivity contribution is 0.104. The van der Waals surface area contributed by atoms with Crippen LogP contribution in [0.2, 0.25) is 4.34 Å². The third kappa shape index (κ3) is 2.48. The Morgan fingerprint density at radius 2 is 1.89 bits per heavy atom. The number of carbonyl (C=O) groups excluding carboxylic acids is 1. The topological polar surface area (TPSA) is 17.1 Å². The Morgan fingerprint density at radius 3 is 2.58 bits per heavy atom. The van der Waals surface area contributed by atoms with Crippen molar-refractivity contribution in [2.45, 2.75) is 0 Å². The Balaban J connectivity index is 2.06. The largest absolute Gasteiger partial charge is 0.287 e. The summed E-state index contributed by atoms with van der Waals surface area (Å²) in [6, 6.07) is 7.99. The molecule has 2 heterocycles. The van der Waals surface area contributed by atoms with Crippen molar-refractivity contribution in [2.75, 3.05) is 0 Å². The van der Waals surface area contributed by atoms with Crippen molar-refractivity contribution < 1.29 is 9.18 Å². The van der Waals surface area contributed by atoms with Gasteiger partial charge < -0.3 is 0 Å². The number of rotatable bonds is 2. The molecule has 0 fully saturated rings. The number of hydrogen-bond acceptors (Lipinski definition) is 3.